The van der Waals surface area contributed by atoms with Gasteiger partial charge in [0, 0.05) is 20.2 Å². The van der Waals surface area contributed by atoms with Crippen molar-refractivity contribution in [2.24, 2.45) is 0 Å². The number of hydrogen-bond donors (Lipinski definition) is 2. The number of amides is 1. The van der Waals surface area contributed by atoms with Gasteiger partial charge in [0.1, 0.15) is 0 Å². The molecule has 0 saturated carbocycles. The summed E-state index contributed by atoms with van der Waals surface area (Å²) < 4.78 is 5.26. The molecule has 0 aromatic carbocycles. The van der Waals surface area contributed by atoms with Crippen LogP contribution in [0.5, 0.6) is 0 Å². The van der Waals surface area contributed by atoms with Crippen molar-refractivity contribution < 1.29 is 14.6 Å². The molecule has 2 N–H and O–H groups in total. The number of nitrogens with one attached hydrogen (secondary N) is 1. The first-order valence-electron chi connectivity index (χ1n) is 4.49. The Morgan fingerprint density at radius 1 is 1.62 bits per heavy atom. The number of piperazine rings is 1. The van der Waals surface area contributed by atoms with Gasteiger partial charge in [0.15, 0.2) is 0 Å². The summed E-state index contributed by atoms with van der Waals surface area (Å²) in [6, 6.07) is 0.0995. The molecule has 0 spiro atoms. The van der Waals surface area contributed by atoms with Gasteiger partial charge in [-0.15, -0.1) is 0 Å². The largest absolute Gasteiger partial charge is 0.465 e. The van der Waals surface area contributed by atoms with Crippen molar-refractivity contribution in [3.05, 3.63) is 0 Å². The van der Waals surface area contributed by atoms with Gasteiger partial charge in [-0.1, -0.05) is 0 Å². The van der Waals surface area contributed by atoms with E-state index in [0.717, 1.165) is 13.0 Å². The number of hydrogen-bond acceptors (Lipinski definition) is 3. The normalized spacial score (nSPS) is 37.9. The van der Waals surface area contributed by atoms with E-state index in [2.05, 4.69) is 5.32 Å². The van der Waals surface area contributed by atoms with Crippen LogP contribution in [-0.4, -0.2) is 54.5 Å². The number of nitrogens with zero attached hydrogens (tertiary/aromatic N) is 1. The van der Waals surface area contributed by atoms with E-state index < -0.39 is 6.09 Å². The number of ether oxygens (including phenoxy) is 1. The lowest BCUT2D eigenvalue weighted by atomic mass is 10.2. The molecule has 2 saturated heterocycles. The maximum atomic E-state index is 10.9. The predicted octanol–water partition coefficient (Wildman–Crippen LogP) is -0.274. The molecular formula is C8H14N2O3. The van der Waals surface area contributed by atoms with Gasteiger partial charge < -0.3 is 15.2 Å². The highest BCUT2D eigenvalue weighted by Gasteiger charge is 2.46. The smallest absolute Gasteiger partial charge is 0.407 e. The Balaban J connectivity index is 2.17. The molecule has 2 aliphatic heterocycles. The lowest BCUT2D eigenvalue weighted by Crippen LogP contribution is -2.55. The fourth-order valence-corrected chi connectivity index (χ4v) is 2.35. The van der Waals surface area contributed by atoms with Crippen molar-refractivity contribution in [1.82, 2.24) is 10.2 Å². The van der Waals surface area contributed by atoms with Crippen molar-refractivity contribution in [1.29, 1.82) is 0 Å². The maximum Gasteiger partial charge on any atom is 0.407 e. The van der Waals surface area contributed by atoms with Gasteiger partial charge in [-0.05, 0) is 6.42 Å². The van der Waals surface area contributed by atoms with Gasteiger partial charge in [-0.2, -0.15) is 0 Å². The van der Waals surface area contributed by atoms with E-state index in [1.165, 1.54) is 4.90 Å². The second kappa shape index (κ2) is 3.16. The van der Waals surface area contributed by atoms with Gasteiger partial charge in [-0.25, -0.2) is 4.79 Å². The first-order chi connectivity index (χ1) is 6.24. The number of rotatable bonds is 1. The molecule has 13 heavy (non-hydrogen) atoms. The minimum Gasteiger partial charge on any atom is -0.465 e. The highest BCUT2D eigenvalue weighted by atomic mass is 16.5. The molecule has 1 amide bonds. The zero-order valence-electron chi connectivity index (χ0n) is 7.56. The zero-order valence-corrected chi connectivity index (χ0v) is 7.56. The number of methoxy groups -OCH3 is 1. The van der Waals surface area contributed by atoms with Gasteiger partial charge >= 0.3 is 6.09 Å². The number of carbonyl (C=O) groups is 1. The Bertz CT molecular complexity index is 221. The van der Waals surface area contributed by atoms with Crippen molar-refractivity contribution in [2.75, 3.05) is 20.2 Å². The second-order valence-corrected chi connectivity index (χ2v) is 3.58. The Hall–Kier alpha value is -0.810. The standard InChI is InChI=1S/C8H14N2O3/c1-13-7-2-5-3-9-4-6(7)10(5)8(11)12/h5-7,9H,2-4H2,1H3,(H,11,12). The van der Waals surface area contributed by atoms with Crippen LogP contribution in [0.15, 0.2) is 0 Å². The Morgan fingerprint density at radius 3 is 2.92 bits per heavy atom. The van der Waals surface area contributed by atoms with Crippen molar-refractivity contribution in [2.45, 2.75) is 24.6 Å². The molecule has 74 valence electrons. The van der Waals surface area contributed by atoms with E-state index in [0.29, 0.717) is 6.54 Å². The summed E-state index contributed by atoms with van der Waals surface area (Å²) in [4.78, 5) is 12.5. The number of carboxylic acid groups (broad SMARTS) is 1. The molecule has 5 heteroatoms. The van der Waals surface area contributed by atoms with Crippen LogP contribution >= 0.6 is 0 Å². The molecule has 2 aliphatic rings. The average Bonchev–Trinajstić information content (AvgIpc) is 2.33. The third kappa shape index (κ3) is 1.28. The minimum absolute atomic E-state index is 0.00116. The van der Waals surface area contributed by atoms with Gasteiger partial charge in [0.25, 0.3) is 0 Å². The van der Waals surface area contributed by atoms with E-state index >= 15 is 0 Å². The second-order valence-electron chi connectivity index (χ2n) is 3.58. The molecule has 3 unspecified atom stereocenters. The molecule has 5 nitrogen and oxygen atoms in total. The zero-order chi connectivity index (χ0) is 9.42. The summed E-state index contributed by atoms with van der Waals surface area (Å²) in [5.74, 6) is 0. The summed E-state index contributed by atoms with van der Waals surface area (Å²) in [6.07, 6.45) is 0.0626. The Labute approximate surface area is 76.7 Å². The van der Waals surface area contributed by atoms with Crippen molar-refractivity contribution in [3.8, 4) is 0 Å². The molecule has 0 aliphatic carbocycles. The van der Waals surface area contributed by atoms with E-state index in [1.54, 1.807) is 7.11 Å². The molecule has 2 fully saturated rings. The molecule has 2 rings (SSSR count). The van der Waals surface area contributed by atoms with Gasteiger partial charge in [0.2, 0.25) is 0 Å². The maximum absolute atomic E-state index is 10.9. The van der Waals surface area contributed by atoms with E-state index in [4.69, 9.17) is 9.84 Å². The van der Waals surface area contributed by atoms with Crippen LogP contribution < -0.4 is 5.32 Å². The molecule has 3 atom stereocenters. The summed E-state index contributed by atoms with van der Waals surface area (Å²) in [7, 11) is 1.64. The molecule has 0 aromatic heterocycles. The fourth-order valence-electron chi connectivity index (χ4n) is 2.35. The summed E-state index contributed by atoms with van der Waals surface area (Å²) in [6.45, 7) is 1.46. The summed E-state index contributed by atoms with van der Waals surface area (Å²) in [5, 5.41) is 12.2. The van der Waals surface area contributed by atoms with Crippen LogP contribution in [0.2, 0.25) is 0 Å². The number of fused-ring (bicyclic) bond motifs is 2. The van der Waals surface area contributed by atoms with Gasteiger partial charge in [0.05, 0.1) is 18.2 Å². The highest BCUT2D eigenvalue weighted by molar-refractivity contribution is 5.67. The first kappa shape index (κ1) is 8.77. The van der Waals surface area contributed by atoms with E-state index in [1.807, 2.05) is 0 Å². The van der Waals surface area contributed by atoms with Crippen molar-refractivity contribution in [3.63, 3.8) is 0 Å². The quantitative estimate of drug-likeness (QED) is 0.591. The van der Waals surface area contributed by atoms with Crippen LogP contribution in [0.25, 0.3) is 0 Å². The lowest BCUT2D eigenvalue weighted by molar-refractivity contribution is 0.0554. The average molecular weight is 186 g/mol. The van der Waals surface area contributed by atoms with Crippen molar-refractivity contribution >= 4 is 6.09 Å². The molecule has 2 heterocycles. The summed E-state index contributed by atoms with van der Waals surface area (Å²) >= 11 is 0. The van der Waals surface area contributed by atoms with Gasteiger partial charge in [-0.3, -0.25) is 4.90 Å². The molecule has 0 aromatic rings. The molecule has 0 radical (unpaired) electrons. The highest BCUT2D eigenvalue weighted by Crippen LogP contribution is 2.28. The fraction of sp³-hybridized carbons (Fsp3) is 0.875. The molecular weight excluding hydrogens is 172 g/mol. The predicted molar refractivity (Wildman–Crippen MR) is 45.7 cm³/mol. The van der Waals surface area contributed by atoms with Crippen LogP contribution in [0, 0.1) is 0 Å². The van der Waals surface area contributed by atoms with E-state index in [-0.39, 0.29) is 18.2 Å². The SMILES string of the molecule is COC1CC2CNCC1N2C(=O)O. The van der Waals surface area contributed by atoms with Crippen LogP contribution in [0.1, 0.15) is 6.42 Å². The third-order valence-corrected chi connectivity index (χ3v) is 2.94. The lowest BCUT2D eigenvalue weighted by Gasteiger charge is -2.33. The minimum atomic E-state index is -0.823. The van der Waals surface area contributed by atoms with Crippen LogP contribution in [-0.2, 0) is 4.74 Å². The Kier molecular flexibility index (Phi) is 2.13. The first-order valence-corrected chi connectivity index (χ1v) is 4.49. The molecule has 2 bridgehead atoms. The Morgan fingerprint density at radius 2 is 2.38 bits per heavy atom. The monoisotopic (exact) mass is 186 g/mol. The topological polar surface area (TPSA) is 61.8 Å². The van der Waals surface area contributed by atoms with Crippen LogP contribution in [0.4, 0.5) is 4.79 Å². The third-order valence-electron chi connectivity index (χ3n) is 2.94. The summed E-state index contributed by atoms with van der Waals surface area (Å²) in [5.41, 5.74) is 0. The van der Waals surface area contributed by atoms with E-state index in [9.17, 15) is 4.79 Å². The van der Waals surface area contributed by atoms with Crippen LogP contribution in [0.3, 0.4) is 0 Å².